The zero-order valence-corrected chi connectivity index (χ0v) is 16.7. The molecule has 7 nitrogen and oxygen atoms in total. The molecule has 1 aliphatic carbocycles. The molecule has 2 saturated heterocycles. The SMILES string of the molecule is Cc1ncc(CC(=O)N2CCCC3(CCC(=O)N(C4CCCC4)C3)C2)c(=O)[nH]1. The van der Waals surface area contributed by atoms with Crippen LogP contribution in [0.5, 0.6) is 0 Å². The van der Waals surface area contributed by atoms with Crippen LogP contribution in [0.15, 0.2) is 11.0 Å². The maximum Gasteiger partial charge on any atom is 0.254 e. The third-order valence-electron chi connectivity index (χ3n) is 6.82. The molecular weight excluding hydrogens is 356 g/mol. The van der Waals surface area contributed by atoms with Gasteiger partial charge in [-0.15, -0.1) is 0 Å². The summed E-state index contributed by atoms with van der Waals surface area (Å²) in [5.41, 5.74) is 0.201. The number of H-pyrrole nitrogens is 1. The Labute approximate surface area is 165 Å². The van der Waals surface area contributed by atoms with Gasteiger partial charge in [0.1, 0.15) is 5.82 Å². The van der Waals surface area contributed by atoms with Crippen molar-refractivity contribution < 1.29 is 9.59 Å². The Hall–Kier alpha value is -2.18. The predicted octanol–water partition coefficient (Wildman–Crippen LogP) is 1.79. The van der Waals surface area contributed by atoms with Gasteiger partial charge in [0.2, 0.25) is 11.8 Å². The number of aryl methyl sites for hydroxylation is 1. The van der Waals surface area contributed by atoms with Gasteiger partial charge >= 0.3 is 0 Å². The molecule has 3 fully saturated rings. The van der Waals surface area contributed by atoms with Crippen LogP contribution in [0.1, 0.15) is 62.8 Å². The van der Waals surface area contributed by atoms with Gasteiger partial charge in [0.15, 0.2) is 0 Å². The van der Waals surface area contributed by atoms with Gasteiger partial charge in [-0.2, -0.15) is 0 Å². The van der Waals surface area contributed by atoms with Crippen LogP contribution in [-0.2, 0) is 16.0 Å². The van der Waals surface area contributed by atoms with E-state index in [1.54, 1.807) is 6.92 Å². The largest absolute Gasteiger partial charge is 0.342 e. The summed E-state index contributed by atoms with van der Waals surface area (Å²) in [5.74, 6) is 0.829. The fraction of sp³-hybridized carbons (Fsp3) is 0.714. The highest BCUT2D eigenvalue weighted by atomic mass is 16.2. The standard InChI is InChI=1S/C21H30N4O3/c1-15-22-12-16(20(28)23-15)11-19(27)24-10-4-8-21(13-24)9-7-18(26)25(14-21)17-5-2-3-6-17/h12,17H,2-11,13-14H2,1H3,(H,22,23,28). The summed E-state index contributed by atoms with van der Waals surface area (Å²) in [7, 11) is 0. The van der Waals surface area contributed by atoms with Crippen molar-refractivity contribution in [3.63, 3.8) is 0 Å². The Balaban J connectivity index is 1.45. The summed E-state index contributed by atoms with van der Waals surface area (Å²) in [6, 6.07) is 0.396. The quantitative estimate of drug-likeness (QED) is 0.858. The Kier molecular flexibility index (Phi) is 5.25. The molecular formula is C21H30N4O3. The molecule has 1 unspecified atom stereocenters. The molecule has 1 atom stereocenters. The maximum absolute atomic E-state index is 12.9. The van der Waals surface area contributed by atoms with E-state index in [-0.39, 0.29) is 23.3 Å². The van der Waals surface area contributed by atoms with Gasteiger partial charge in [-0.05, 0) is 39.0 Å². The van der Waals surface area contributed by atoms with E-state index in [1.807, 2.05) is 4.90 Å². The molecule has 1 spiro atoms. The highest BCUT2D eigenvalue weighted by Gasteiger charge is 2.44. The van der Waals surface area contributed by atoms with E-state index >= 15 is 0 Å². The predicted molar refractivity (Wildman–Crippen MR) is 105 cm³/mol. The van der Waals surface area contributed by atoms with Gasteiger partial charge < -0.3 is 14.8 Å². The zero-order valence-electron chi connectivity index (χ0n) is 16.7. The summed E-state index contributed by atoms with van der Waals surface area (Å²) in [5, 5.41) is 0. The van der Waals surface area contributed by atoms with E-state index in [0.29, 0.717) is 36.3 Å². The van der Waals surface area contributed by atoms with Crippen LogP contribution in [0.4, 0.5) is 0 Å². The van der Waals surface area contributed by atoms with Crippen molar-refractivity contribution >= 4 is 11.8 Å². The number of piperidine rings is 2. The van der Waals surface area contributed by atoms with Crippen LogP contribution < -0.4 is 5.56 Å². The lowest BCUT2D eigenvalue weighted by Gasteiger charge is -2.49. The van der Waals surface area contributed by atoms with E-state index in [4.69, 9.17) is 0 Å². The fourth-order valence-corrected chi connectivity index (χ4v) is 5.26. The normalized spacial score (nSPS) is 26.2. The van der Waals surface area contributed by atoms with Gasteiger partial charge in [0, 0.05) is 49.3 Å². The van der Waals surface area contributed by atoms with Crippen LogP contribution in [0.3, 0.4) is 0 Å². The van der Waals surface area contributed by atoms with Crippen LogP contribution in [0.25, 0.3) is 0 Å². The number of hydrogen-bond donors (Lipinski definition) is 1. The number of amides is 2. The van der Waals surface area contributed by atoms with Crippen LogP contribution in [-0.4, -0.2) is 57.3 Å². The number of nitrogens with zero attached hydrogens (tertiary/aromatic N) is 3. The number of likely N-dealkylation sites (tertiary alicyclic amines) is 2. The molecule has 2 aliphatic heterocycles. The Morgan fingerprint density at radius 1 is 1.21 bits per heavy atom. The second-order valence-electron chi connectivity index (χ2n) is 8.88. The molecule has 3 heterocycles. The lowest BCUT2D eigenvalue weighted by Crippen LogP contribution is -2.57. The summed E-state index contributed by atoms with van der Waals surface area (Å²) in [6.45, 7) is 3.93. The van der Waals surface area contributed by atoms with Crippen LogP contribution in [0.2, 0.25) is 0 Å². The summed E-state index contributed by atoms with van der Waals surface area (Å²) in [6.07, 6.45) is 9.75. The highest BCUT2D eigenvalue weighted by molar-refractivity contribution is 5.79. The maximum atomic E-state index is 12.9. The molecule has 1 aromatic heterocycles. The van der Waals surface area contributed by atoms with Gasteiger partial charge in [0.05, 0.1) is 6.42 Å². The number of rotatable bonds is 3. The minimum Gasteiger partial charge on any atom is -0.342 e. The lowest BCUT2D eigenvalue weighted by molar-refractivity contribution is -0.145. The van der Waals surface area contributed by atoms with Crippen molar-refractivity contribution in [3.8, 4) is 0 Å². The summed E-state index contributed by atoms with van der Waals surface area (Å²) < 4.78 is 0. The molecule has 2 amide bonds. The average Bonchev–Trinajstić information content (AvgIpc) is 3.21. The minimum atomic E-state index is -0.233. The molecule has 1 saturated carbocycles. The van der Waals surface area contributed by atoms with Crippen LogP contribution >= 0.6 is 0 Å². The summed E-state index contributed by atoms with van der Waals surface area (Å²) >= 11 is 0. The van der Waals surface area contributed by atoms with E-state index in [9.17, 15) is 14.4 Å². The summed E-state index contributed by atoms with van der Waals surface area (Å²) in [4.78, 5) is 48.3. The second kappa shape index (κ2) is 7.68. The Morgan fingerprint density at radius 3 is 2.75 bits per heavy atom. The number of carbonyl (C=O) groups is 2. The molecule has 3 aliphatic rings. The number of aromatic amines is 1. The molecule has 1 aromatic rings. The molecule has 28 heavy (non-hydrogen) atoms. The third kappa shape index (κ3) is 3.84. The number of nitrogens with one attached hydrogen (secondary N) is 1. The van der Waals surface area contributed by atoms with Gasteiger partial charge in [-0.25, -0.2) is 4.98 Å². The van der Waals surface area contributed by atoms with Crippen molar-refractivity contribution in [2.75, 3.05) is 19.6 Å². The number of aromatic nitrogens is 2. The van der Waals surface area contributed by atoms with Crippen LogP contribution in [0, 0.1) is 12.3 Å². The third-order valence-corrected chi connectivity index (χ3v) is 6.82. The molecule has 7 heteroatoms. The molecule has 0 aromatic carbocycles. The van der Waals surface area contributed by atoms with E-state index in [1.165, 1.54) is 19.0 Å². The molecule has 4 rings (SSSR count). The lowest BCUT2D eigenvalue weighted by atomic mass is 9.73. The highest BCUT2D eigenvalue weighted by Crippen LogP contribution is 2.41. The van der Waals surface area contributed by atoms with Crippen molar-refractivity contribution in [2.45, 2.75) is 70.8 Å². The molecule has 0 radical (unpaired) electrons. The van der Waals surface area contributed by atoms with E-state index in [0.717, 1.165) is 45.2 Å². The van der Waals surface area contributed by atoms with Crippen molar-refractivity contribution in [1.29, 1.82) is 0 Å². The fourth-order valence-electron chi connectivity index (χ4n) is 5.26. The minimum absolute atomic E-state index is 0.0143. The average molecular weight is 386 g/mol. The number of hydrogen-bond acceptors (Lipinski definition) is 4. The van der Waals surface area contributed by atoms with E-state index in [2.05, 4.69) is 14.9 Å². The van der Waals surface area contributed by atoms with Crippen molar-refractivity contribution in [2.24, 2.45) is 5.41 Å². The first-order valence-corrected chi connectivity index (χ1v) is 10.6. The topological polar surface area (TPSA) is 86.4 Å². The molecule has 0 bridgehead atoms. The second-order valence-corrected chi connectivity index (χ2v) is 8.88. The Bertz CT molecular complexity index is 814. The van der Waals surface area contributed by atoms with E-state index < -0.39 is 0 Å². The first-order chi connectivity index (χ1) is 13.5. The smallest absolute Gasteiger partial charge is 0.254 e. The van der Waals surface area contributed by atoms with Gasteiger partial charge in [0.25, 0.3) is 5.56 Å². The first kappa shape index (κ1) is 19.2. The Morgan fingerprint density at radius 2 is 2.00 bits per heavy atom. The molecule has 152 valence electrons. The first-order valence-electron chi connectivity index (χ1n) is 10.6. The molecule has 1 N–H and O–H groups in total. The van der Waals surface area contributed by atoms with Crippen molar-refractivity contribution in [1.82, 2.24) is 19.8 Å². The monoisotopic (exact) mass is 386 g/mol. The zero-order chi connectivity index (χ0) is 19.7. The van der Waals surface area contributed by atoms with Gasteiger partial charge in [-0.1, -0.05) is 12.8 Å². The van der Waals surface area contributed by atoms with Gasteiger partial charge in [-0.3, -0.25) is 14.4 Å². The number of carbonyl (C=O) groups excluding carboxylic acids is 2. The van der Waals surface area contributed by atoms with Crippen molar-refractivity contribution in [3.05, 3.63) is 27.9 Å².